The highest BCUT2D eigenvalue weighted by Gasteiger charge is 2.19. The Kier molecular flexibility index (Phi) is 37.4. The lowest BCUT2D eigenvalue weighted by Gasteiger charge is -2.18. The summed E-state index contributed by atoms with van der Waals surface area (Å²) in [4.78, 5) is 37.6. The Morgan fingerprint density at radius 2 is 0.660 bits per heavy atom. The number of esters is 3. The van der Waals surface area contributed by atoms with E-state index in [1.807, 2.05) is 0 Å². The van der Waals surface area contributed by atoms with E-state index in [0.29, 0.717) is 19.3 Å². The maximum Gasteiger partial charge on any atom is 0.306 e. The van der Waals surface area contributed by atoms with Crippen molar-refractivity contribution in [1.82, 2.24) is 0 Å². The van der Waals surface area contributed by atoms with Crippen LogP contribution in [-0.2, 0) is 28.6 Å². The van der Waals surface area contributed by atoms with E-state index in [1.54, 1.807) is 0 Å². The second-order valence-electron chi connectivity index (χ2n) is 15.5. The Hall–Kier alpha value is -1.59. The van der Waals surface area contributed by atoms with Gasteiger partial charge in [0.1, 0.15) is 13.2 Å². The molecule has 0 fully saturated rings. The molecule has 0 bridgehead atoms. The third-order valence-corrected chi connectivity index (χ3v) is 9.79. The molecule has 0 aliphatic rings. The summed E-state index contributed by atoms with van der Waals surface area (Å²) in [7, 11) is 0. The van der Waals surface area contributed by atoms with Crippen LogP contribution < -0.4 is 0 Å². The molecule has 0 rings (SSSR count). The van der Waals surface area contributed by atoms with Crippen molar-refractivity contribution in [2.75, 3.05) is 13.2 Å². The molecule has 0 saturated carbocycles. The summed E-state index contributed by atoms with van der Waals surface area (Å²) in [6.45, 7) is 8.94. The molecule has 0 N–H and O–H groups in total. The smallest absolute Gasteiger partial charge is 0.306 e. The standard InChI is InChI=1S/C44H84O6/c1-5-7-9-11-13-15-16-20-24-28-32-36-43(46)49-39-41(38-48-42(45)35-31-27-23-18-14-12-10-8-6-2)50-44(47)37-33-29-25-21-17-19-22-26-30-34-40(3)4/h40-41H,5-39H2,1-4H3/t41-/m1/s1. The molecule has 6 nitrogen and oxygen atoms in total. The Morgan fingerprint density at radius 3 is 0.980 bits per heavy atom. The van der Waals surface area contributed by atoms with Gasteiger partial charge in [0, 0.05) is 19.3 Å². The largest absolute Gasteiger partial charge is 0.462 e. The molecule has 0 aromatic carbocycles. The highest BCUT2D eigenvalue weighted by Crippen LogP contribution is 2.16. The lowest BCUT2D eigenvalue weighted by Crippen LogP contribution is -2.30. The van der Waals surface area contributed by atoms with Gasteiger partial charge in [-0.3, -0.25) is 14.4 Å². The third kappa shape index (κ3) is 37.7. The predicted octanol–water partition coefficient (Wildman–Crippen LogP) is 13.6. The molecule has 6 heteroatoms. The van der Waals surface area contributed by atoms with E-state index in [1.165, 1.54) is 135 Å². The third-order valence-electron chi connectivity index (χ3n) is 9.79. The van der Waals surface area contributed by atoms with E-state index < -0.39 is 6.10 Å². The van der Waals surface area contributed by atoms with Crippen molar-refractivity contribution >= 4 is 17.9 Å². The number of unbranched alkanes of at least 4 members (excludes halogenated alkanes) is 26. The van der Waals surface area contributed by atoms with Gasteiger partial charge in [-0.15, -0.1) is 0 Å². The maximum atomic E-state index is 12.7. The van der Waals surface area contributed by atoms with E-state index in [2.05, 4.69) is 27.7 Å². The van der Waals surface area contributed by atoms with E-state index in [0.717, 1.165) is 63.7 Å². The van der Waals surface area contributed by atoms with Crippen LogP contribution in [0.2, 0.25) is 0 Å². The molecule has 0 aliphatic carbocycles. The van der Waals surface area contributed by atoms with Gasteiger partial charge in [0.05, 0.1) is 0 Å². The summed E-state index contributed by atoms with van der Waals surface area (Å²) in [6, 6.07) is 0. The molecular weight excluding hydrogens is 624 g/mol. The van der Waals surface area contributed by atoms with E-state index in [-0.39, 0.29) is 31.1 Å². The minimum atomic E-state index is -0.758. The van der Waals surface area contributed by atoms with Crippen LogP contribution in [0.15, 0.2) is 0 Å². The lowest BCUT2D eigenvalue weighted by molar-refractivity contribution is -0.167. The van der Waals surface area contributed by atoms with E-state index in [4.69, 9.17) is 14.2 Å². The van der Waals surface area contributed by atoms with Gasteiger partial charge < -0.3 is 14.2 Å². The fraction of sp³-hybridized carbons (Fsp3) is 0.932. The van der Waals surface area contributed by atoms with E-state index in [9.17, 15) is 14.4 Å². The van der Waals surface area contributed by atoms with E-state index >= 15 is 0 Å². The van der Waals surface area contributed by atoms with Crippen LogP contribution in [0, 0.1) is 5.92 Å². The number of carbonyl (C=O) groups excluding carboxylic acids is 3. The maximum absolute atomic E-state index is 12.7. The van der Waals surface area contributed by atoms with Crippen molar-refractivity contribution in [3.05, 3.63) is 0 Å². The first-order valence-electron chi connectivity index (χ1n) is 21.9. The van der Waals surface area contributed by atoms with Gasteiger partial charge >= 0.3 is 17.9 Å². The zero-order chi connectivity index (χ0) is 36.8. The number of hydrogen-bond donors (Lipinski definition) is 0. The number of rotatable bonds is 39. The monoisotopic (exact) mass is 709 g/mol. The van der Waals surface area contributed by atoms with Crippen LogP contribution >= 0.6 is 0 Å². The van der Waals surface area contributed by atoms with Crippen molar-refractivity contribution in [3.8, 4) is 0 Å². The van der Waals surface area contributed by atoms with Gasteiger partial charge in [-0.05, 0) is 25.2 Å². The molecule has 0 aliphatic heterocycles. The fourth-order valence-corrected chi connectivity index (χ4v) is 6.45. The summed E-state index contributed by atoms with van der Waals surface area (Å²) in [5.41, 5.74) is 0. The average molecular weight is 709 g/mol. The summed E-state index contributed by atoms with van der Waals surface area (Å²) in [5.74, 6) is -0.0545. The van der Waals surface area contributed by atoms with Gasteiger partial charge in [0.2, 0.25) is 0 Å². The van der Waals surface area contributed by atoms with Gasteiger partial charge in [-0.25, -0.2) is 0 Å². The Labute approximate surface area is 310 Å². The van der Waals surface area contributed by atoms with Crippen LogP contribution in [-0.4, -0.2) is 37.2 Å². The Morgan fingerprint density at radius 1 is 0.380 bits per heavy atom. The SMILES string of the molecule is CCCCCCCCCCCCCC(=O)OC[C@@H](COC(=O)CCCCCCCCCCC)OC(=O)CCCCCCCCCCCC(C)C. The number of hydrogen-bond acceptors (Lipinski definition) is 6. The minimum absolute atomic E-state index is 0.0644. The molecule has 0 radical (unpaired) electrons. The molecular formula is C44H84O6. The summed E-state index contributed by atoms with van der Waals surface area (Å²) < 4.78 is 16.7. The van der Waals surface area contributed by atoms with Crippen LogP contribution in [0.4, 0.5) is 0 Å². The summed E-state index contributed by atoms with van der Waals surface area (Å²) in [5, 5.41) is 0. The topological polar surface area (TPSA) is 78.9 Å². The van der Waals surface area contributed by atoms with Crippen LogP contribution in [0.3, 0.4) is 0 Å². The second kappa shape index (κ2) is 38.6. The Balaban J connectivity index is 4.33. The van der Waals surface area contributed by atoms with Crippen LogP contribution in [0.25, 0.3) is 0 Å². The molecule has 296 valence electrons. The number of carbonyl (C=O) groups is 3. The molecule has 50 heavy (non-hydrogen) atoms. The molecule has 0 aromatic heterocycles. The van der Waals surface area contributed by atoms with Crippen molar-refractivity contribution in [1.29, 1.82) is 0 Å². The molecule has 0 heterocycles. The molecule has 1 atom stereocenters. The molecule has 0 unspecified atom stereocenters. The lowest BCUT2D eigenvalue weighted by atomic mass is 10.0. The number of ether oxygens (including phenoxy) is 3. The second-order valence-corrected chi connectivity index (χ2v) is 15.5. The minimum Gasteiger partial charge on any atom is -0.462 e. The van der Waals surface area contributed by atoms with Gasteiger partial charge in [0.25, 0.3) is 0 Å². The van der Waals surface area contributed by atoms with Crippen LogP contribution in [0.1, 0.15) is 240 Å². The normalized spacial score (nSPS) is 11.9. The van der Waals surface area contributed by atoms with Gasteiger partial charge in [0.15, 0.2) is 6.10 Å². The van der Waals surface area contributed by atoms with Crippen molar-refractivity contribution < 1.29 is 28.6 Å². The molecule has 0 aromatic rings. The highest BCUT2D eigenvalue weighted by molar-refractivity contribution is 5.71. The van der Waals surface area contributed by atoms with Crippen molar-refractivity contribution in [3.63, 3.8) is 0 Å². The summed E-state index contributed by atoms with van der Waals surface area (Å²) >= 11 is 0. The van der Waals surface area contributed by atoms with Crippen molar-refractivity contribution in [2.45, 2.75) is 246 Å². The first-order valence-corrected chi connectivity index (χ1v) is 21.9. The summed E-state index contributed by atoms with van der Waals surface area (Å²) in [6.07, 6.45) is 36.6. The van der Waals surface area contributed by atoms with Crippen molar-refractivity contribution in [2.24, 2.45) is 5.92 Å². The van der Waals surface area contributed by atoms with Crippen LogP contribution in [0.5, 0.6) is 0 Å². The zero-order valence-electron chi connectivity index (χ0n) is 33.9. The molecule has 0 saturated heterocycles. The highest BCUT2D eigenvalue weighted by atomic mass is 16.6. The van der Waals surface area contributed by atoms with Gasteiger partial charge in [-0.2, -0.15) is 0 Å². The quantitative estimate of drug-likeness (QED) is 0.0359. The average Bonchev–Trinajstić information content (AvgIpc) is 3.09. The zero-order valence-corrected chi connectivity index (χ0v) is 33.9. The first-order chi connectivity index (χ1) is 24.4. The Bertz CT molecular complexity index is 751. The fourth-order valence-electron chi connectivity index (χ4n) is 6.45. The van der Waals surface area contributed by atoms with Gasteiger partial charge in [-0.1, -0.05) is 201 Å². The first kappa shape index (κ1) is 48.4. The molecule has 0 amide bonds. The molecule has 0 spiro atoms. The predicted molar refractivity (Wildman–Crippen MR) is 210 cm³/mol.